The number of nitrogens with one attached hydrogen (secondary N) is 1. The summed E-state index contributed by atoms with van der Waals surface area (Å²) >= 11 is 0. The van der Waals surface area contributed by atoms with E-state index < -0.39 is 0 Å². The number of hydrogen-bond donors (Lipinski definition) is 1. The predicted octanol–water partition coefficient (Wildman–Crippen LogP) is 2.30. The molecule has 4 rings (SSSR count). The number of aryl methyl sites for hydroxylation is 2. The van der Waals surface area contributed by atoms with Gasteiger partial charge in [-0.1, -0.05) is 18.2 Å². The Hall–Kier alpha value is -3.42. The van der Waals surface area contributed by atoms with Crippen molar-refractivity contribution in [3.8, 4) is 17.4 Å². The van der Waals surface area contributed by atoms with E-state index >= 15 is 0 Å². The van der Waals surface area contributed by atoms with Crippen molar-refractivity contribution in [2.45, 2.75) is 26.3 Å². The molecule has 144 valence electrons. The fourth-order valence-corrected chi connectivity index (χ4v) is 3.23. The number of hydrogen-bond acceptors (Lipinski definition) is 6. The summed E-state index contributed by atoms with van der Waals surface area (Å²) in [6.07, 6.45) is 0.722. The Labute approximate surface area is 162 Å². The minimum Gasteiger partial charge on any atom is -0.493 e. The van der Waals surface area contributed by atoms with Crippen molar-refractivity contribution in [2.75, 3.05) is 13.2 Å². The van der Waals surface area contributed by atoms with E-state index in [9.17, 15) is 4.79 Å². The van der Waals surface area contributed by atoms with Gasteiger partial charge in [0.05, 0.1) is 18.3 Å². The van der Waals surface area contributed by atoms with Crippen molar-refractivity contribution in [1.29, 1.82) is 0 Å². The Morgan fingerprint density at radius 1 is 1.25 bits per heavy atom. The molecular weight excluding hydrogens is 358 g/mol. The maximum absolute atomic E-state index is 12.3. The van der Waals surface area contributed by atoms with Crippen LogP contribution in [0, 0.1) is 13.8 Å². The number of amides is 1. The van der Waals surface area contributed by atoms with Crippen molar-refractivity contribution in [1.82, 2.24) is 25.3 Å². The van der Waals surface area contributed by atoms with Gasteiger partial charge in [0, 0.05) is 23.7 Å². The van der Waals surface area contributed by atoms with Crippen LogP contribution < -0.4 is 14.8 Å². The molecule has 28 heavy (non-hydrogen) atoms. The Kier molecular flexibility index (Phi) is 4.92. The van der Waals surface area contributed by atoms with Gasteiger partial charge in [0.15, 0.2) is 12.4 Å². The van der Waals surface area contributed by atoms with Crippen LogP contribution in [0.1, 0.15) is 29.4 Å². The summed E-state index contributed by atoms with van der Waals surface area (Å²) < 4.78 is 12.8. The van der Waals surface area contributed by atoms with Crippen LogP contribution in [0.2, 0.25) is 0 Å². The molecule has 0 spiro atoms. The van der Waals surface area contributed by atoms with Gasteiger partial charge in [-0.3, -0.25) is 4.79 Å². The number of carbonyl (C=O) groups excluding carboxylic acids is 1. The van der Waals surface area contributed by atoms with Gasteiger partial charge >= 0.3 is 0 Å². The average molecular weight is 379 g/mol. The van der Waals surface area contributed by atoms with E-state index in [-0.39, 0.29) is 24.4 Å². The standard InChI is InChI=1S/C20H21N5O3/c1-13-11-14(2)25(24-13)18-7-8-20(23-22-18)28-12-19(26)21-16-9-10-27-17-6-4-3-5-15(16)17/h3-8,11,16H,9-10,12H2,1-2H3,(H,21,26). The topological polar surface area (TPSA) is 91.2 Å². The Morgan fingerprint density at radius 3 is 2.86 bits per heavy atom. The Morgan fingerprint density at radius 2 is 2.11 bits per heavy atom. The highest BCUT2D eigenvalue weighted by Gasteiger charge is 2.22. The highest BCUT2D eigenvalue weighted by atomic mass is 16.5. The number of ether oxygens (including phenoxy) is 2. The summed E-state index contributed by atoms with van der Waals surface area (Å²) in [5, 5.41) is 15.5. The molecule has 0 fully saturated rings. The van der Waals surface area contributed by atoms with Crippen LogP contribution in [0.3, 0.4) is 0 Å². The summed E-state index contributed by atoms with van der Waals surface area (Å²) in [6.45, 7) is 4.31. The van der Waals surface area contributed by atoms with Crippen LogP contribution in [0.4, 0.5) is 0 Å². The highest BCUT2D eigenvalue weighted by Crippen LogP contribution is 2.31. The fourth-order valence-electron chi connectivity index (χ4n) is 3.23. The molecule has 0 aliphatic carbocycles. The number of rotatable bonds is 5. The van der Waals surface area contributed by atoms with E-state index in [1.165, 1.54) is 0 Å². The zero-order valence-corrected chi connectivity index (χ0v) is 15.8. The second-order valence-corrected chi connectivity index (χ2v) is 6.65. The summed E-state index contributed by atoms with van der Waals surface area (Å²) in [7, 11) is 0. The number of aromatic nitrogens is 4. The normalized spacial score (nSPS) is 15.4. The van der Waals surface area contributed by atoms with E-state index in [2.05, 4.69) is 20.6 Å². The lowest BCUT2D eigenvalue weighted by atomic mass is 10.0. The molecule has 0 saturated carbocycles. The second-order valence-electron chi connectivity index (χ2n) is 6.65. The average Bonchev–Trinajstić information content (AvgIpc) is 3.05. The molecule has 3 aromatic rings. The molecule has 1 aliphatic rings. The van der Waals surface area contributed by atoms with Gasteiger partial charge in [-0.2, -0.15) is 5.10 Å². The molecule has 3 heterocycles. The highest BCUT2D eigenvalue weighted by molar-refractivity contribution is 5.78. The second kappa shape index (κ2) is 7.67. The summed E-state index contributed by atoms with van der Waals surface area (Å²) in [5.41, 5.74) is 2.86. The molecule has 2 aromatic heterocycles. The van der Waals surface area contributed by atoms with Crippen LogP contribution in [0.25, 0.3) is 5.82 Å². The molecule has 0 bridgehead atoms. The lowest BCUT2D eigenvalue weighted by molar-refractivity contribution is -0.124. The van der Waals surface area contributed by atoms with Crippen molar-refractivity contribution in [3.63, 3.8) is 0 Å². The Bertz CT molecular complexity index is 984. The molecule has 0 radical (unpaired) electrons. The number of carbonyl (C=O) groups is 1. The van der Waals surface area contributed by atoms with E-state index in [0.717, 1.165) is 29.1 Å². The minimum atomic E-state index is -0.217. The third-order valence-corrected chi connectivity index (χ3v) is 4.50. The maximum Gasteiger partial charge on any atom is 0.258 e. The monoisotopic (exact) mass is 379 g/mol. The zero-order valence-electron chi connectivity index (χ0n) is 15.8. The van der Waals surface area contributed by atoms with Crippen LogP contribution >= 0.6 is 0 Å². The summed E-state index contributed by atoms with van der Waals surface area (Å²) in [4.78, 5) is 12.3. The quantitative estimate of drug-likeness (QED) is 0.731. The smallest absolute Gasteiger partial charge is 0.258 e. The van der Waals surface area contributed by atoms with E-state index in [4.69, 9.17) is 9.47 Å². The molecule has 1 aliphatic heterocycles. The summed E-state index contributed by atoms with van der Waals surface area (Å²) in [5.74, 6) is 1.48. The molecule has 1 N–H and O–H groups in total. The minimum absolute atomic E-state index is 0.0828. The van der Waals surface area contributed by atoms with Crippen molar-refractivity contribution < 1.29 is 14.3 Å². The third-order valence-electron chi connectivity index (χ3n) is 4.50. The molecular formula is C20H21N5O3. The first kappa shape index (κ1) is 18.0. The van der Waals surface area contributed by atoms with Gasteiger partial charge in [0.1, 0.15) is 5.75 Å². The molecule has 1 unspecified atom stereocenters. The van der Waals surface area contributed by atoms with Gasteiger partial charge in [-0.15, -0.1) is 10.2 Å². The molecule has 0 saturated heterocycles. The molecule has 8 heteroatoms. The van der Waals surface area contributed by atoms with E-state index in [1.54, 1.807) is 16.8 Å². The number of nitrogens with zero attached hydrogens (tertiary/aromatic N) is 4. The maximum atomic E-state index is 12.3. The first-order valence-corrected chi connectivity index (χ1v) is 9.11. The predicted molar refractivity (Wildman–Crippen MR) is 102 cm³/mol. The van der Waals surface area contributed by atoms with Crippen LogP contribution in [0.5, 0.6) is 11.6 Å². The van der Waals surface area contributed by atoms with Gasteiger partial charge in [0.25, 0.3) is 5.91 Å². The van der Waals surface area contributed by atoms with E-state index in [0.29, 0.717) is 12.4 Å². The number of para-hydroxylation sites is 1. The van der Waals surface area contributed by atoms with Gasteiger partial charge in [-0.05, 0) is 32.0 Å². The molecule has 1 aromatic carbocycles. The van der Waals surface area contributed by atoms with Crippen LogP contribution in [-0.2, 0) is 4.79 Å². The largest absolute Gasteiger partial charge is 0.493 e. The van der Waals surface area contributed by atoms with Crippen molar-refractivity contribution in [2.24, 2.45) is 0 Å². The lowest BCUT2D eigenvalue weighted by Gasteiger charge is -2.26. The number of benzene rings is 1. The van der Waals surface area contributed by atoms with Gasteiger partial charge < -0.3 is 14.8 Å². The van der Waals surface area contributed by atoms with Crippen molar-refractivity contribution in [3.05, 3.63) is 59.4 Å². The van der Waals surface area contributed by atoms with Crippen LogP contribution in [-0.4, -0.2) is 39.1 Å². The first-order valence-electron chi connectivity index (χ1n) is 9.11. The zero-order chi connectivity index (χ0) is 19.5. The van der Waals surface area contributed by atoms with Crippen LogP contribution in [0.15, 0.2) is 42.5 Å². The molecule has 1 amide bonds. The fraction of sp³-hybridized carbons (Fsp3) is 0.300. The van der Waals surface area contributed by atoms with Crippen molar-refractivity contribution >= 4 is 5.91 Å². The van der Waals surface area contributed by atoms with Gasteiger partial charge in [-0.25, -0.2) is 4.68 Å². The molecule has 8 nitrogen and oxygen atoms in total. The number of fused-ring (bicyclic) bond motifs is 1. The molecule has 1 atom stereocenters. The lowest BCUT2D eigenvalue weighted by Crippen LogP contribution is -2.35. The third kappa shape index (κ3) is 3.80. The SMILES string of the molecule is Cc1cc(C)n(-c2ccc(OCC(=O)NC3CCOc4ccccc43)nn2)n1. The van der Waals surface area contributed by atoms with Gasteiger partial charge in [0.2, 0.25) is 5.88 Å². The first-order chi connectivity index (χ1) is 13.6. The Balaban J connectivity index is 1.35. The summed E-state index contributed by atoms with van der Waals surface area (Å²) in [6, 6.07) is 13.0. The van der Waals surface area contributed by atoms with E-state index in [1.807, 2.05) is 44.2 Å².